The molecule has 0 aromatic heterocycles. The van der Waals surface area contributed by atoms with Gasteiger partial charge in [-0.2, -0.15) is 17.0 Å². The van der Waals surface area contributed by atoms with E-state index in [2.05, 4.69) is 11.6 Å². The molecule has 1 N–H and O–H groups in total. The van der Waals surface area contributed by atoms with Crippen LogP contribution in [0.25, 0.3) is 0 Å². The fraction of sp³-hybridized carbons (Fsp3) is 0.533. The van der Waals surface area contributed by atoms with Gasteiger partial charge in [-0.25, -0.2) is 4.39 Å². The molecule has 2 nitrogen and oxygen atoms in total. The zero-order chi connectivity index (χ0) is 13.7. The summed E-state index contributed by atoms with van der Waals surface area (Å²) in [7, 11) is 0. The van der Waals surface area contributed by atoms with Crippen molar-refractivity contribution in [1.82, 2.24) is 5.32 Å². The fourth-order valence-corrected chi connectivity index (χ4v) is 3.59. The zero-order valence-corrected chi connectivity index (χ0v) is 12.0. The molecule has 2 unspecified atom stereocenters. The summed E-state index contributed by atoms with van der Waals surface area (Å²) in [6, 6.07) is 7.18. The van der Waals surface area contributed by atoms with Crippen LogP contribution >= 0.6 is 11.8 Å². The first-order chi connectivity index (χ1) is 9.24. The lowest BCUT2D eigenvalue weighted by atomic mass is 9.94. The van der Waals surface area contributed by atoms with Crippen LogP contribution in [0.3, 0.4) is 0 Å². The number of nitriles is 1. The smallest absolute Gasteiger partial charge is 0.140 e. The predicted octanol–water partition coefficient (Wildman–Crippen LogP) is 3.46. The van der Waals surface area contributed by atoms with Crippen LogP contribution in [0.5, 0.6) is 0 Å². The summed E-state index contributed by atoms with van der Waals surface area (Å²) < 4.78 is 13.2. The second kappa shape index (κ2) is 6.93. The Hall–Kier alpha value is -1.05. The summed E-state index contributed by atoms with van der Waals surface area (Å²) in [6.45, 7) is 0.705. The Bertz CT molecular complexity index is 470. The van der Waals surface area contributed by atoms with E-state index < -0.39 is 5.82 Å². The van der Waals surface area contributed by atoms with Gasteiger partial charge in [-0.3, -0.25) is 0 Å². The third-order valence-electron chi connectivity index (χ3n) is 3.72. The van der Waals surface area contributed by atoms with Crippen molar-refractivity contribution in [3.63, 3.8) is 0 Å². The molecule has 0 spiro atoms. The average molecular weight is 278 g/mol. The second-order valence-corrected chi connectivity index (χ2v) is 6.05. The topological polar surface area (TPSA) is 35.8 Å². The van der Waals surface area contributed by atoms with Crippen LogP contribution in [0.15, 0.2) is 18.2 Å². The Kier molecular flexibility index (Phi) is 5.24. The zero-order valence-electron chi connectivity index (χ0n) is 11.2. The highest BCUT2D eigenvalue weighted by molar-refractivity contribution is 7.99. The molecule has 19 heavy (non-hydrogen) atoms. The number of rotatable bonds is 4. The first-order valence-corrected chi connectivity index (χ1v) is 7.98. The van der Waals surface area contributed by atoms with Crippen molar-refractivity contribution < 1.29 is 4.39 Å². The number of thioether (sulfide) groups is 1. The van der Waals surface area contributed by atoms with Crippen molar-refractivity contribution >= 4 is 11.8 Å². The Morgan fingerprint density at radius 2 is 2.21 bits per heavy atom. The molecule has 4 heteroatoms. The molecular formula is C15H19FN2S. The van der Waals surface area contributed by atoms with Gasteiger partial charge in [-0.15, -0.1) is 0 Å². The van der Waals surface area contributed by atoms with E-state index in [0.717, 1.165) is 5.56 Å². The molecule has 0 saturated heterocycles. The van der Waals surface area contributed by atoms with Gasteiger partial charge in [0.25, 0.3) is 0 Å². The molecule has 1 aromatic rings. The summed E-state index contributed by atoms with van der Waals surface area (Å²) in [5.74, 6) is -0.439. The van der Waals surface area contributed by atoms with Gasteiger partial charge in [-0.1, -0.05) is 18.9 Å². The number of nitrogens with zero attached hydrogens (tertiary/aromatic N) is 1. The normalized spacial score (nSPS) is 23.0. The third-order valence-corrected chi connectivity index (χ3v) is 4.89. The van der Waals surface area contributed by atoms with Gasteiger partial charge in [0.2, 0.25) is 0 Å². The fourth-order valence-electron chi connectivity index (χ4n) is 2.63. The maximum absolute atomic E-state index is 13.2. The maximum Gasteiger partial charge on any atom is 0.140 e. The first kappa shape index (κ1) is 14.4. The quantitative estimate of drug-likeness (QED) is 0.916. The minimum atomic E-state index is -0.439. The largest absolute Gasteiger partial charge is 0.309 e. The van der Waals surface area contributed by atoms with Gasteiger partial charge >= 0.3 is 0 Å². The molecule has 0 heterocycles. The molecule has 1 fully saturated rings. The molecule has 102 valence electrons. The highest BCUT2D eigenvalue weighted by atomic mass is 32.2. The van der Waals surface area contributed by atoms with Crippen LogP contribution in [-0.4, -0.2) is 17.5 Å². The molecule has 0 aliphatic heterocycles. The van der Waals surface area contributed by atoms with E-state index in [1.54, 1.807) is 12.1 Å². The SMILES string of the molecule is CSC1CCCCC1NCc1ccc(F)c(C#N)c1. The van der Waals surface area contributed by atoms with E-state index in [-0.39, 0.29) is 5.56 Å². The summed E-state index contributed by atoms with van der Waals surface area (Å²) in [6.07, 6.45) is 7.24. The molecule has 2 rings (SSSR count). The summed E-state index contributed by atoms with van der Waals surface area (Å²) in [5.41, 5.74) is 1.10. The lowest BCUT2D eigenvalue weighted by Crippen LogP contribution is -2.39. The number of benzene rings is 1. The molecule has 1 aromatic carbocycles. The highest BCUT2D eigenvalue weighted by Gasteiger charge is 2.23. The van der Waals surface area contributed by atoms with E-state index in [4.69, 9.17) is 5.26 Å². The second-order valence-electron chi connectivity index (χ2n) is 4.97. The molecule has 2 atom stereocenters. The van der Waals surface area contributed by atoms with E-state index in [9.17, 15) is 4.39 Å². The number of nitrogens with one attached hydrogen (secondary N) is 1. The summed E-state index contributed by atoms with van der Waals surface area (Å²) >= 11 is 1.92. The monoisotopic (exact) mass is 278 g/mol. The summed E-state index contributed by atoms with van der Waals surface area (Å²) in [5, 5.41) is 13.1. The summed E-state index contributed by atoms with van der Waals surface area (Å²) in [4.78, 5) is 0. The highest BCUT2D eigenvalue weighted by Crippen LogP contribution is 2.27. The van der Waals surface area contributed by atoms with Crippen LogP contribution in [0, 0.1) is 17.1 Å². The van der Waals surface area contributed by atoms with Crippen molar-refractivity contribution in [3.8, 4) is 6.07 Å². The van der Waals surface area contributed by atoms with Crippen molar-refractivity contribution in [1.29, 1.82) is 5.26 Å². The Morgan fingerprint density at radius 1 is 1.42 bits per heavy atom. The van der Waals surface area contributed by atoms with Gasteiger partial charge in [0.1, 0.15) is 11.9 Å². The van der Waals surface area contributed by atoms with Crippen LogP contribution in [0.2, 0.25) is 0 Å². The van der Waals surface area contributed by atoms with E-state index in [0.29, 0.717) is 17.8 Å². The van der Waals surface area contributed by atoms with Crippen molar-refractivity contribution in [2.24, 2.45) is 0 Å². The number of hydrogen-bond acceptors (Lipinski definition) is 3. The molecule has 1 aliphatic carbocycles. The molecule has 0 radical (unpaired) electrons. The maximum atomic E-state index is 13.2. The van der Waals surface area contributed by atoms with Gasteiger partial charge in [-0.05, 0) is 36.8 Å². The van der Waals surface area contributed by atoms with Crippen molar-refractivity contribution in [2.45, 2.75) is 43.5 Å². The number of hydrogen-bond donors (Lipinski definition) is 1. The minimum Gasteiger partial charge on any atom is -0.309 e. The number of halogens is 1. The molecule has 1 aliphatic rings. The molecule has 0 amide bonds. The molecular weight excluding hydrogens is 259 g/mol. The van der Waals surface area contributed by atoms with E-state index in [1.807, 2.05) is 17.8 Å². The predicted molar refractivity (Wildman–Crippen MR) is 77.5 cm³/mol. The minimum absolute atomic E-state index is 0.129. The lowest BCUT2D eigenvalue weighted by Gasteiger charge is -2.31. The van der Waals surface area contributed by atoms with Crippen molar-refractivity contribution in [2.75, 3.05) is 6.26 Å². The lowest BCUT2D eigenvalue weighted by molar-refractivity contribution is 0.383. The van der Waals surface area contributed by atoms with Crippen LogP contribution in [0.4, 0.5) is 4.39 Å². The van der Waals surface area contributed by atoms with Crippen LogP contribution in [0.1, 0.15) is 36.8 Å². The molecule has 0 bridgehead atoms. The van der Waals surface area contributed by atoms with E-state index in [1.165, 1.54) is 31.7 Å². The van der Waals surface area contributed by atoms with Gasteiger partial charge in [0.05, 0.1) is 5.56 Å². The van der Waals surface area contributed by atoms with E-state index >= 15 is 0 Å². The Balaban J connectivity index is 1.96. The van der Waals surface area contributed by atoms with Crippen LogP contribution in [-0.2, 0) is 6.54 Å². The van der Waals surface area contributed by atoms with Crippen LogP contribution < -0.4 is 5.32 Å². The molecule has 1 saturated carbocycles. The van der Waals surface area contributed by atoms with Gasteiger partial charge in [0.15, 0.2) is 0 Å². The third kappa shape index (κ3) is 3.71. The van der Waals surface area contributed by atoms with Gasteiger partial charge < -0.3 is 5.32 Å². The standard InChI is InChI=1S/C15H19FN2S/c1-19-15-5-3-2-4-14(15)18-10-11-6-7-13(16)12(8-11)9-17/h6-8,14-15,18H,2-5,10H2,1H3. The first-order valence-electron chi connectivity index (χ1n) is 6.69. The van der Waals surface area contributed by atoms with Gasteiger partial charge in [0, 0.05) is 17.8 Å². The average Bonchev–Trinajstić information content (AvgIpc) is 2.46. The Labute approximate surface area is 118 Å². The Morgan fingerprint density at radius 3 is 2.95 bits per heavy atom. The van der Waals surface area contributed by atoms with Crippen molar-refractivity contribution in [3.05, 3.63) is 35.1 Å².